The molecule has 1 aromatic carbocycles. The molecule has 0 fully saturated rings. The summed E-state index contributed by atoms with van der Waals surface area (Å²) in [6.45, 7) is 3.71. The van der Waals surface area contributed by atoms with Gasteiger partial charge in [0.15, 0.2) is 0 Å². The number of carbonyl (C=O) groups is 1. The van der Waals surface area contributed by atoms with Gasteiger partial charge >= 0.3 is 0 Å². The molecular formula is C11H10BrN3OS. The summed E-state index contributed by atoms with van der Waals surface area (Å²) in [5.41, 5.74) is 2.44. The molecule has 0 saturated heterocycles. The first kappa shape index (κ1) is 12.2. The van der Waals surface area contributed by atoms with Crippen LogP contribution in [-0.2, 0) is 0 Å². The lowest BCUT2D eigenvalue weighted by Gasteiger charge is -2.08. The van der Waals surface area contributed by atoms with E-state index >= 15 is 0 Å². The van der Waals surface area contributed by atoms with Gasteiger partial charge in [-0.15, -0.1) is 5.10 Å². The predicted molar refractivity (Wildman–Crippen MR) is 71.5 cm³/mol. The Balaban J connectivity index is 2.25. The van der Waals surface area contributed by atoms with Crippen LogP contribution in [0.1, 0.15) is 20.9 Å². The highest BCUT2D eigenvalue weighted by Crippen LogP contribution is 2.24. The van der Waals surface area contributed by atoms with Crippen molar-refractivity contribution < 1.29 is 4.79 Å². The fourth-order valence-electron chi connectivity index (χ4n) is 1.36. The molecule has 1 aromatic heterocycles. The first-order valence-corrected chi connectivity index (χ1v) is 6.51. The van der Waals surface area contributed by atoms with Crippen molar-refractivity contribution in [2.24, 2.45) is 0 Å². The summed E-state index contributed by atoms with van der Waals surface area (Å²) < 4.78 is 4.71. The largest absolute Gasteiger partial charge is 0.321 e. The third kappa shape index (κ3) is 2.53. The van der Waals surface area contributed by atoms with Gasteiger partial charge < -0.3 is 5.32 Å². The van der Waals surface area contributed by atoms with E-state index in [-0.39, 0.29) is 5.91 Å². The van der Waals surface area contributed by atoms with Crippen LogP contribution in [0, 0.1) is 13.8 Å². The number of amides is 1. The van der Waals surface area contributed by atoms with Crippen molar-refractivity contribution >= 4 is 39.1 Å². The zero-order valence-electron chi connectivity index (χ0n) is 9.32. The molecule has 0 radical (unpaired) electrons. The summed E-state index contributed by atoms with van der Waals surface area (Å²) in [4.78, 5) is 12.5. The minimum Gasteiger partial charge on any atom is -0.321 e. The number of nitrogens with one attached hydrogen (secondary N) is 1. The van der Waals surface area contributed by atoms with Crippen molar-refractivity contribution in [1.29, 1.82) is 0 Å². The summed E-state index contributed by atoms with van der Waals surface area (Å²) in [5, 5.41) is 6.67. The van der Waals surface area contributed by atoms with Gasteiger partial charge in [-0.25, -0.2) is 0 Å². The molecule has 0 atom stereocenters. The Hall–Kier alpha value is -1.27. The molecule has 2 aromatic rings. The van der Waals surface area contributed by atoms with Crippen molar-refractivity contribution in [1.82, 2.24) is 9.59 Å². The Kier molecular flexibility index (Phi) is 3.54. The van der Waals surface area contributed by atoms with Crippen LogP contribution in [-0.4, -0.2) is 15.5 Å². The Morgan fingerprint density at radius 1 is 1.41 bits per heavy atom. The van der Waals surface area contributed by atoms with Gasteiger partial charge in [0.25, 0.3) is 5.91 Å². The molecule has 0 bridgehead atoms. The first-order chi connectivity index (χ1) is 8.09. The van der Waals surface area contributed by atoms with Crippen LogP contribution in [0.5, 0.6) is 0 Å². The number of carbonyl (C=O) groups excluding carboxylic acids is 1. The van der Waals surface area contributed by atoms with Gasteiger partial charge in [-0.3, -0.25) is 4.79 Å². The molecule has 1 heterocycles. The lowest BCUT2D eigenvalue weighted by atomic mass is 10.2. The fraction of sp³-hybridized carbons (Fsp3) is 0.182. The standard InChI is InChI=1S/C11H10BrN3OS/c1-6-8(12)4-3-5-9(6)13-11(16)10-7(2)14-15-17-10/h3-5H,1-2H3,(H,13,16). The van der Waals surface area contributed by atoms with Crippen molar-refractivity contribution in [3.8, 4) is 0 Å². The van der Waals surface area contributed by atoms with Crippen LogP contribution in [0.2, 0.25) is 0 Å². The van der Waals surface area contributed by atoms with Crippen molar-refractivity contribution in [3.63, 3.8) is 0 Å². The fourth-order valence-corrected chi connectivity index (χ4v) is 2.28. The first-order valence-electron chi connectivity index (χ1n) is 4.95. The average Bonchev–Trinajstić information content (AvgIpc) is 2.71. The second kappa shape index (κ2) is 4.93. The highest BCUT2D eigenvalue weighted by molar-refractivity contribution is 9.10. The molecule has 0 saturated carbocycles. The summed E-state index contributed by atoms with van der Waals surface area (Å²) >= 11 is 4.53. The number of aryl methyl sites for hydroxylation is 1. The Labute approximate surface area is 111 Å². The van der Waals surface area contributed by atoms with Gasteiger partial charge in [0.1, 0.15) is 4.88 Å². The minimum atomic E-state index is -0.168. The number of nitrogens with zero attached hydrogens (tertiary/aromatic N) is 2. The molecule has 1 N–H and O–H groups in total. The van der Waals surface area contributed by atoms with Crippen LogP contribution in [0.15, 0.2) is 22.7 Å². The van der Waals surface area contributed by atoms with Crippen LogP contribution in [0.25, 0.3) is 0 Å². The number of hydrogen-bond donors (Lipinski definition) is 1. The minimum absolute atomic E-state index is 0.168. The highest BCUT2D eigenvalue weighted by atomic mass is 79.9. The third-order valence-corrected chi connectivity index (χ3v) is 4.06. The summed E-state index contributed by atoms with van der Waals surface area (Å²) in [5.74, 6) is -0.168. The van der Waals surface area contributed by atoms with E-state index in [1.54, 1.807) is 6.92 Å². The van der Waals surface area contributed by atoms with E-state index in [1.807, 2.05) is 25.1 Å². The maximum Gasteiger partial charge on any atom is 0.269 e. The quantitative estimate of drug-likeness (QED) is 0.926. The average molecular weight is 312 g/mol. The van der Waals surface area contributed by atoms with E-state index < -0.39 is 0 Å². The second-order valence-corrected chi connectivity index (χ2v) is 5.16. The van der Waals surface area contributed by atoms with Crippen molar-refractivity contribution in [3.05, 3.63) is 38.8 Å². The molecule has 1 amide bonds. The highest BCUT2D eigenvalue weighted by Gasteiger charge is 2.14. The monoisotopic (exact) mass is 311 g/mol. The van der Waals surface area contributed by atoms with Gasteiger partial charge in [0, 0.05) is 10.2 Å². The number of aromatic nitrogens is 2. The number of anilines is 1. The molecule has 0 aliphatic carbocycles. The van der Waals surface area contributed by atoms with E-state index in [4.69, 9.17) is 0 Å². The zero-order chi connectivity index (χ0) is 12.4. The van der Waals surface area contributed by atoms with E-state index in [2.05, 4.69) is 30.8 Å². The van der Waals surface area contributed by atoms with Crippen LogP contribution >= 0.6 is 27.5 Å². The van der Waals surface area contributed by atoms with Gasteiger partial charge in [-0.2, -0.15) is 0 Å². The number of halogens is 1. The summed E-state index contributed by atoms with van der Waals surface area (Å²) in [6.07, 6.45) is 0. The molecular weight excluding hydrogens is 302 g/mol. The zero-order valence-corrected chi connectivity index (χ0v) is 11.7. The molecule has 88 valence electrons. The molecule has 0 aliphatic rings. The lowest BCUT2D eigenvalue weighted by Crippen LogP contribution is -2.12. The van der Waals surface area contributed by atoms with Crippen LogP contribution in [0.4, 0.5) is 5.69 Å². The third-order valence-electron chi connectivity index (χ3n) is 2.37. The van der Waals surface area contributed by atoms with E-state index in [1.165, 1.54) is 0 Å². The molecule has 4 nitrogen and oxygen atoms in total. The van der Waals surface area contributed by atoms with Gasteiger partial charge in [0.2, 0.25) is 0 Å². The van der Waals surface area contributed by atoms with Gasteiger partial charge in [-0.1, -0.05) is 26.5 Å². The van der Waals surface area contributed by atoms with E-state index in [9.17, 15) is 4.79 Å². The smallest absolute Gasteiger partial charge is 0.269 e. The van der Waals surface area contributed by atoms with Crippen molar-refractivity contribution in [2.45, 2.75) is 13.8 Å². The topological polar surface area (TPSA) is 54.9 Å². The molecule has 6 heteroatoms. The predicted octanol–water partition coefficient (Wildman–Crippen LogP) is 3.17. The van der Waals surface area contributed by atoms with E-state index in [0.29, 0.717) is 10.6 Å². The van der Waals surface area contributed by atoms with Crippen molar-refractivity contribution in [2.75, 3.05) is 5.32 Å². The Bertz CT molecular complexity index is 568. The maximum atomic E-state index is 12.0. The Morgan fingerprint density at radius 3 is 2.82 bits per heavy atom. The normalized spacial score (nSPS) is 10.3. The van der Waals surface area contributed by atoms with Crippen LogP contribution < -0.4 is 5.32 Å². The molecule has 0 unspecified atom stereocenters. The van der Waals surface area contributed by atoms with E-state index in [0.717, 1.165) is 27.3 Å². The lowest BCUT2D eigenvalue weighted by molar-refractivity contribution is 0.102. The Morgan fingerprint density at radius 2 is 2.18 bits per heavy atom. The maximum absolute atomic E-state index is 12.0. The molecule has 0 spiro atoms. The summed E-state index contributed by atoms with van der Waals surface area (Å²) in [6, 6.07) is 5.68. The number of hydrogen-bond acceptors (Lipinski definition) is 4. The van der Waals surface area contributed by atoms with Gasteiger partial charge in [-0.05, 0) is 43.1 Å². The number of rotatable bonds is 2. The van der Waals surface area contributed by atoms with Gasteiger partial charge in [0.05, 0.1) is 5.69 Å². The SMILES string of the molecule is Cc1nnsc1C(=O)Nc1cccc(Br)c1C. The van der Waals surface area contributed by atoms with Crippen LogP contribution in [0.3, 0.4) is 0 Å². The molecule has 2 rings (SSSR count). The summed E-state index contributed by atoms with van der Waals surface area (Å²) in [7, 11) is 0. The second-order valence-electron chi connectivity index (χ2n) is 3.55. The number of benzene rings is 1. The molecule has 17 heavy (non-hydrogen) atoms. The molecule has 0 aliphatic heterocycles.